The van der Waals surface area contributed by atoms with Crippen LogP contribution in [0.3, 0.4) is 0 Å². The lowest BCUT2D eigenvalue weighted by molar-refractivity contribution is -0.121. The summed E-state index contributed by atoms with van der Waals surface area (Å²) in [5.74, 6) is 0.0426. The van der Waals surface area contributed by atoms with Crippen molar-refractivity contribution in [2.45, 2.75) is 26.3 Å². The van der Waals surface area contributed by atoms with Crippen LogP contribution in [0.25, 0.3) is 17.1 Å². The average Bonchev–Trinajstić information content (AvgIpc) is 3.43. The third-order valence-corrected chi connectivity index (χ3v) is 6.61. The average molecular weight is 491 g/mol. The van der Waals surface area contributed by atoms with Gasteiger partial charge in [0.05, 0.1) is 23.8 Å². The Morgan fingerprint density at radius 1 is 1.17 bits per heavy atom. The Labute approximate surface area is 207 Å². The van der Waals surface area contributed by atoms with E-state index in [1.807, 2.05) is 37.3 Å². The standard InChI is InChI=1S/C26H27FN6O3/c1-17-23(26(35)33(31(17)2)21-8-4-3-5-9-21)29-25(34)19-7-6-14-32(15-19)16-22-28-24(30-36-22)18-10-12-20(27)13-11-18/h3-5,8-13,19H,6-7,14-16H2,1-2H3,(H,29,34). The number of nitrogens with one attached hydrogen (secondary N) is 1. The third-order valence-electron chi connectivity index (χ3n) is 6.61. The number of anilines is 1. The molecule has 2 aromatic carbocycles. The molecule has 0 aliphatic carbocycles. The van der Waals surface area contributed by atoms with Crippen molar-refractivity contribution in [2.75, 3.05) is 18.4 Å². The number of nitrogens with zero attached hydrogens (tertiary/aromatic N) is 5. The topological polar surface area (TPSA) is 98.2 Å². The molecule has 1 N–H and O–H groups in total. The fraction of sp³-hybridized carbons (Fsp3) is 0.308. The predicted molar refractivity (Wildman–Crippen MR) is 132 cm³/mol. The van der Waals surface area contributed by atoms with Crippen LogP contribution in [0.1, 0.15) is 24.4 Å². The van der Waals surface area contributed by atoms with Gasteiger partial charge < -0.3 is 9.84 Å². The van der Waals surface area contributed by atoms with Crippen LogP contribution in [-0.2, 0) is 18.4 Å². The molecule has 1 fully saturated rings. The molecule has 1 atom stereocenters. The summed E-state index contributed by atoms with van der Waals surface area (Å²) in [6, 6.07) is 15.2. The lowest BCUT2D eigenvalue weighted by Gasteiger charge is -2.30. The van der Waals surface area contributed by atoms with E-state index >= 15 is 0 Å². The van der Waals surface area contributed by atoms with E-state index in [9.17, 15) is 14.0 Å². The Morgan fingerprint density at radius 2 is 1.92 bits per heavy atom. The highest BCUT2D eigenvalue weighted by molar-refractivity contribution is 5.93. The highest BCUT2D eigenvalue weighted by Crippen LogP contribution is 2.22. The monoisotopic (exact) mass is 490 g/mol. The van der Waals surface area contributed by atoms with Crippen LogP contribution >= 0.6 is 0 Å². The number of carbonyl (C=O) groups excluding carboxylic acids is 1. The minimum Gasteiger partial charge on any atom is -0.338 e. The number of likely N-dealkylation sites (tertiary alicyclic amines) is 1. The van der Waals surface area contributed by atoms with E-state index < -0.39 is 0 Å². The van der Waals surface area contributed by atoms with Crippen molar-refractivity contribution in [3.8, 4) is 17.1 Å². The van der Waals surface area contributed by atoms with Crippen LogP contribution in [0, 0.1) is 18.7 Å². The summed E-state index contributed by atoms with van der Waals surface area (Å²) in [6.45, 7) is 3.53. The second kappa shape index (κ2) is 9.90. The number of para-hydroxylation sites is 1. The lowest BCUT2D eigenvalue weighted by atomic mass is 9.97. The summed E-state index contributed by atoms with van der Waals surface area (Å²) in [6.07, 6.45) is 1.56. The number of hydrogen-bond acceptors (Lipinski definition) is 6. The van der Waals surface area contributed by atoms with Gasteiger partial charge in [-0.1, -0.05) is 23.4 Å². The van der Waals surface area contributed by atoms with Gasteiger partial charge in [0.1, 0.15) is 11.5 Å². The predicted octanol–water partition coefficient (Wildman–Crippen LogP) is 3.52. The van der Waals surface area contributed by atoms with Crippen molar-refractivity contribution in [3.05, 3.63) is 82.4 Å². The number of carbonyl (C=O) groups is 1. The number of aromatic nitrogens is 4. The molecule has 4 aromatic rings. The zero-order valence-electron chi connectivity index (χ0n) is 20.1. The molecule has 186 valence electrons. The molecule has 0 radical (unpaired) electrons. The molecular weight excluding hydrogens is 463 g/mol. The van der Waals surface area contributed by atoms with E-state index in [4.69, 9.17) is 4.52 Å². The van der Waals surface area contributed by atoms with E-state index in [2.05, 4.69) is 20.4 Å². The molecule has 9 nitrogen and oxygen atoms in total. The minimum absolute atomic E-state index is 0.178. The Bertz CT molecular complexity index is 1420. The molecule has 1 saturated heterocycles. The van der Waals surface area contributed by atoms with Crippen LogP contribution in [0.4, 0.5) is 10.1 Å². The van der Waals surface area contributed by atoms with E-state index in [1.165, 1.54) is 12.1 Å². The summed E-state index contributed by atoms with van der Waals surface area (Å²) in [7, 11) is 1.80. The molecule has 1 amide bonds. The molecule has 36 heavy (non-hydrogen) atoms. The van der Waals surface area contributed by atoms with Crippen molar-refractivity contribution in [2.24, 2.45) is 13.0 Å². The third kappa shape index (κ3) is 4.72. The first kappa shape index (κ1) is 23.7. The van der Waals surface area contributed by atoms with E-state index in [0.29, 0.717) is 41.7 Å². The minimum atomic E-state index is -0.329. The fourth-order valence-electron chi connectivity index (χ4n) is 4.58. The van der Waals surface area contributed by atoms with Gasteiger partial charge in [-0.25, -0.2) is 9.07 Å². The molecule has 3 heterocycles. The van der Waals surface area contributed by atoms with Gasteiger partial charge in [0, 0.05) is 19.2 Å². The normalized spacial score (nSPS) is 16.2. The van der Waals surface area contributed by atoms with Gasteiger partial charge in [-0.3, -0.25) is 19.2 Å². The molecule has 0 bridgehead atoms. The Kier molecular flexibility index (Phi) is 6.51. The lowest BCUT2D eigenvalue weighted by Crippen LogP contribution is -2.40. The first-order chi connectivity index (χ1) is 17.4. The SMILES string of the molecule is Cc1c(NC(=O)C2CCCN(Cc3nc(-c4ccc(F)cc4)no3)C2)c(=O)n(-c2ccccc2)n1C. The van der Waals surface area contributed by atoms with Gasteiger partial charge in [0.25, 0.3) is 5.56 Å². The first-order valence-electron chi connectivity index (χ1n) is 11.9. The van der Waals surface area contributed by atoms with Crippen molar-refractivity contribution >= 4 is 11.6 Å². The van der Waals surface area contributed by atoms with Gasteiger partial charge in [0.15, 0.2) is 0 Å². The Morgan fingerprint density at radius 3 is 2.67 bits per heavy atom. The number of piperidine rings is 1. The summed E-state index contributed by atoms with van der Waals surface area (Å²) < 4.78 is 21.9. The maximum atomic E-state index is 13.2. The van der Waals surface area contributed by atoms with Crippen LogP contribution < -0.4 is 10.9 Å². The number of rotatable bonds is 6. The van der Waals surface area contributed by atoms with Crippen molar-refractivity contribution in [1.82, 2.24) is 24.4 Å². The van der Waals surface area contributed by atoms with Gasteiger partial charge in [-0.15, -0.1) is 0 Å². The van der Waals surface area contributed by atoms with Crippen molar-refractivity contribution in [1.29, 1.82) is 0 Å². The second-order valence-electron chi connectivity index (χ2n) is 9.02. The van der Waals surface area contributed by atoms with Gasteiger partial charge >= 0.3 is 0 Å². The molecule has 1 aliphatic rings. The molecule has 1 unspecified atom stereocenters. The van der Waals surface area contributed by atoms with E-state index in [1.54, 1.807) is 28.5 Å². The van der Waals surface area contributed by atoms with Crippen molar-refractivity contribution < 1.29 is 13.7 Å². The number of halogens is 1. The van der Waals surface area contributed by atoms with Crippen LogP contribution in [0.15, 0.2) is 63.9 Å². The largest absolute Gasteiger partial charge is 0.338 e. The Balaban J connectivity index is 1.26. The molecule has 1 aliphatic heterocycles. The number of benzene rings is 2. The smallest absolute Gasteiger partial charge is 0.295 e. The molecular formula is C26H27FN6O3. The maximum Gasteiger partial charge on any atom is 0.295 e. The molecule has 0 saturated carbocycles. The quantitative estimate of drug-likeness (QED) is 0.444. The summed E-state index contributed by atoms with van der Waals surface area (Å²) >= 11 is 0. The highest BCUT2D eigenvalue weighted by Gasteiger charge is 2.29. The fourth-order valence-corrected chi connectivity index (χ4v) is 4.58. The zero-order valence-corrected chi connectivity index (χ0v) is 20.1. The number of amides is 1. The maximum absolute atomic E-state index is 13.2. The molecule has 10 heteroatoms. The van der Waals surface area contributed by atoms with Crippen LogP contribution in [-0.4, -0.2) is 43.4 Å². The zero-order chi connectivity index (χ0) is 25.2. The first-order valence-corrected chi connectivity index (χ1v) is 11.9. The molecule has 0 spiro atoms. The van der Waals surface area contributed by atoms with E-state index in [-0.39, 0.29) is 23.2 Å². The number of hydrogen-bond donors (Lipinski definition) is 1. The van der Waals surface area contributed by atoms with Gasteiger partial charge in [-0.05, 0) is 62.7 Å². The van der Waals surface area contributed by atoms with Crippen LogP contribution in [0.2, 0.25) is 0 Å². The van der Waals surface area contributed by atoms with Gasteiger partial charge in [-0.2, -0.15) is 4.98 Å². The van der Waals surface area contributed by atoms with Gasteiger partial charge in [0.2, 0.25) is 17.6 Å². The second-order valence-corrected chi connectivity index (χ2v) is 9.02. The summed E-state index contributed by atoms with van der Waals surface area (Å²) in [4.78, 5) is 32.8. The summed E-state index contributed by atoms with van der Waals surface area (Å²) in [5, 5.41) is 6.88. The Hall–Kier alpha value is -4.05. The molecule has 5 rings (SSSR count). The van der Waals surface area contributed by atoms with E-state index in [0.717, 1.165) is 25.1 Å². The van der Waals surface area contributed by atoms with Crippen molar-refractivity contribution in [3.63, 3.8) is 0 Å². The highest BCUT2D eigenvalue weighted by atomic mass is 19.1. The molecule has 2 aromatic heterocycles. The van der Waals surface area contributed by atoms with Crippen LogP contribution in [0.5, 0.6) is 0 Å². The summed E-state index contributed by atoms with van der Waals surface area (Å²) in [5.41, 5.74) is 2.12.